The molecule has 30 heavy (non-hydrogen) atoms. The van der Waals surface area contributed by atoms with Crippen LogP contribution in [0.3, 0.4) is 0 Å². The van der Waals surface area contributed by atoms with E-state index in [1.165, 1.54) is 0 Å². The van der Waals surface area contributed by atoms with Gasteiger partial charge in [-0.15, -0.1) is 0 Å². The highest BCUT2D eigenvalue weighted by Crippen LogP contribution is 2.33. The first-order valence-corrected chi connectivity index (χ1v) is 8.70. The zero-order valence-electron chi connectivity index (χ0n) is 16.5. The summed E-state index contributed by atoms with van der Waals surface area (Å²) >= 11 is 0. The molecule has 0 saturated heterocycles. The molecule has 0 aliphatic carbocycles. The fourth-order valence-electron chi connectivity index (χ4n) is 2.37. The smallest absolute Gasteiger partial charge is 0.318 e. The summed E-state index contributed by atoms with van der Waals surface area (Å²) in [6.07, 6.45) is 0.866. The number of amides is 1. The van der Waals surface area contributed by atoms with Crippen molar-refractivity contribution in [2.75, 3.05) is 6.61 Å². The van der Waals surface area contributed by atoms with Crippen molar-refractivity contribution in [2.24, 2.45) is 5.10 Å². The molecule has 0 aliphatic rings. The molecular weight excluding hydrogens is 396 g/mol. The number of nitro benzene ring substituents is 2. The fraction of sp³-hybridized carbons (Fsp3) is 0.263. The van der Waals surface area contributed by atoms with Crippen LogP contribution in [0, 0.1) is 20.2 Å². The number of nitro groups is 2. The topological polar surface area (TPSA) is 157 Å². The molecule has 0 spiro atoms. The normalized spacial score (nSPS) is 11.3. The minimum Gasteiger partial charge on any atom is -0.502 e. The third kappa shape index (κ3) is 5.74. The Morgan fingerprint density at radius 2 is 1.80 bits per heavy atom. The number of aromatic hydroxyl groups is 1. The van der Waals surface area contributed by atoms with Crippen LogP contribution in [-0.2, 0) is 10.2 Å². The van der Waals surface area contributed by atoms with Crippen LogP contribution in [0.4, 0.5) is 11.4 Å². The minimum absolute atomic E-state index is 0.0161. The number of carbonyl (C=O) groups excluding carboxylic acids is 1. The van der Waals surface area contributed by atoms with Crippen LogP contribution >= 0.6 is 0 Å². The number of phenols is 1. The molecule has 2 aromatic rings. The molecule has 11 heteroatoms. The molecule has 0 bridgehead atoms. The SMILES string of the molecule is CC(C)(C)c1ccc(OCC(=O)N/N=C\c2cc([N+](=O)[O-])cc([N+](=O)[O-])c2O)cc1. The zero-order valence-corrected chi connectivity index (χ0v) is 16.5. The van der Waals surface area contributed by atoms with Crippen LogP contribution in [-0.4, -0.2) is 33.7 Å². The van der Waals surface area contributed by atoms with Crippen LogP contribution in [0.2, 0.25) is 0 Å². The second kappa shape index (κ2) is 8.99. The van der Waals surface area contributed by atoms with Gasteiger partial charge in [-0.1, -0.05) is 32.9 Å². The standard InChI is InChI=1S/C19H20N4O7/c1-19(2,3)13-4-6-15(7-5-13)30-11-17(24)21-20-10-12-8-14(22(26)27)9-16(18(12)25)23(28)29/h4-10,25H,11H2,1-3H3,(H,21,24)/b20-10-. The second-order valence-electron chi connectivity index (χ2n) is 7.27. The molecule has 0 saturated carbocycles. The van der Waals surface area contributed by atoms with Gasteiger partial charge in [0.25, 0.3) is 11.6 Å². The van der Waals surface area contributed by atoms with E-state index in [9.17, 15) is 30.1 Å². The van der Waals surface area contributed by atoms with Gasteiger partial charge in [-0.3, -0.25) is 25.0 Å². The summed E-state index contributed by atoms with van der Waals surface area (Å²) in [6.45, 7) is 5.86. The Hall–Kier alpha value is -4.02. The third-order valence-corrected chi connectivity index (χ3v) is 3.99. The summed E-state index contributed by atoms with van der Waals surface area (Å²) in [6, 6.07) is 8.77. The Morgan fingerprint density at radius 3 is 2.33 bits per heavy atom. The number of hydrazone groups is 1. The Bertz CT molecular complexity index is 995. The van der Waals surface area contributed by atoms with Gasteiger partial charge in [0, 0.05) is 6.07 Å². The summed E-state index contributed by atoms with van der Waals surface area (Å²) in [4.78, 5) is 31.8. The molecule has 0 aromatic heterocycles. The number of hydrogen-bond acceptors (Lipinski definition) is 8. The van der Waals surface area contributed by atoms with Gasteiger partial charge in [0.15, 0.2) is 6.61 Å². The molecule has 1 amide bonds. The van der Waals surface area contributed by atoms with E-state index in [2.05, 4.69) is 31.3 Å². The van der Waals surface area contributed by atoms with E-state index in [0.717, 1.165) is 17.8 Å². The number of nitrogens with zero attached hydrogens (tertiary/aromatic N) is 3. The molecule has 0 fully saturated rings. The number of non-ortho nitro benzene ring substituents is 1. The lowest BCUT2D eigenvalue weighted by atomic mass is 9.87. The van der Waals surface area contributed by atoms with E-state index in [1.54, 1.807) is 12.1 Å². The molecule has 2 N–H and O–H groups in total. The minimum atomic E-state index is -0.961. The van der Waals surface area contributed by atoms with E-state index in [0.29, 0.717) is 11.8 Å². The van der Waals surface area contributed by atoms with Crippen LogP contribution in [0.25, 0.3) is 0 Å². The van der Waals surface area contributed by atoms with Gasteiger partial charge in [0.2, 0.25) is 5.75 Å². The van der Waals surface area contributed by atoms with Gasteiger partial charge >= 0.3 is 5.69 Å². The summed E-state index contributed by atoms with van der Waals surface area (Å²) in [7, 11) is 0. The Kier molecular flexibility index (Phi) is 6.67. The highest BCUT2D eigenvalue weighted by atomic mass is 16.6. The third-order valence-electron chi connectivity index (χ3n) is 3.99. The molecule has 2 rings (SSSR count). The van der Waals surface area contributed by atoms with E-state index >= 15 is 0 Å². The van der Waals surface area contributed by atoms with Gasteiger partial charge in [-0.05, 0) is 23.1 Å². The molecule has 158 valence electrons. The Labute approximate surface area is 171 Å². The van der Waals surface area contributed by atoms with E-state index in [-0.39, 0.29) is 17.6 Å². The monoisotopic (exact) mass is 416 g/mol. The van der Waals surface area contributed by atoms with Crippen LogP contribution in [0.5, 0.6) is 11.5 Å². The van der Waals surface area contributed by atoms with E-state index in [1.807, 2.05) is 12.1 Å². The maximum Gasteiger partial charge on any atom is 0.318 e. The number of nitrogens with one attached hydrogen (secondary N) is 1. The highest BCUT2D eigenvalue weighted by molar-refractivity contribution is 5.88. The van der Waals surface area contributed by atoms with Crippen molar-refractivity contribution in [3.63, 3.8) is 0 Å². The lowest BCUT2D eigenvalue weighted by Gasteiger charge is -2.19. The molecule has 2 aromatic carbocycles. The van der Waals surface area contributed by atoms with Gasteiger partial charge in [-0.2, -0.15) is 5.10 Å². The zero-order chi connectivity index (χ0) is 22.5. The molecular formula is C19H20N4O7. The van der Waals surface area contributed by atoms with Gasteiger partial charge in [0.1, 0.15) is 5.75 Å². The molecule has 0 unspecified atom stereocenters. The first-order valence-electron chi connectivity index (χ1n) is 8.70. The van der Waals surface area contributed by atoms with Crippen molar-refractivity contribution in [1.82, 2.24) is 5.43 Å². The average molecular weight is 416 g/mol. The van der Waals surface area contributed by atoms with Crippen molar-refractivity contribution < 1.29 is 24.5 Å². The van der Waals surface area contributed by atoms with E-state index in [4.69, 9.17) is 4.74 Å². The number of hydrogen-bond donors (Lipinski definition) is 2. The van der Waals surface area contributed by atoms with Gasteiger partial charge < -0.3 is 9.84 Å². The van der Waals surface area contributed by atoms with Gasteiger partial charge in [0.05, 0.1) is 27.7 Å². The van der Waals surface area contributed by atoms with Crippen LogP contribution in [0.1, 0.15) is 31.9 Å². The van der Waals surface area contributed by atoms with Crippen molar-refractivity contribution in [3.05, 3.63) is 67.8 Å². The van der Waals surface area contributed by atoms with Crippen molar-refractivity contribution in [2.45, 2.75) is 26.2 Å². The maximum absolute atomic E-state index is 11.8. The largest absolute Gasteiger partial charge is 0.502 e. The van der Waals surface area contributed by atoms with E-state index < -0.39 is 32.9 Å². The van der Waals surface area contributed by atoms with Crippen molar-refractivity contribution >= 4 is 23.5 Å². The summed E-state index contributed by atoms with van der Waals surface area (Å²) in [5, 5.41) is 35.2. The molecule has 0 atom stereocenters. The second-order valence-corrected chi connectivity index (χ2v) is 7.27. The number of phenolic OH excluding ortho intramolecular Hbond substituents is 1. The predicted molar refractivity (Wildman–Crippen MR) is 108 cm³/mol. The first kappa shape index (κ1) is 22.3. The number of rotatable bonds is 7. The fourth-order valence-corrected chi connectivity index (χ4v) is 2.37. The highest BCUT2D eigenvalue weighted by Gasteiger charge is 2.23. The van der Waals surface area contributed by atoms with Crippen molar-refractivity contribution in [3.8, 4) is 11.5 Å². The Morgan fingerprint density at radius 1 is 1.17 bits per heavy atom. The number of ether oxygens (including phenoxy) is 1. The van der Waals surface area contributed by atoms with Gasteiger partial charge in [-0.25, -0.2) is 5.43 Å². The summed E-state index contributed by atoms with van der Waals surface area (Å²) < 4.78 is 5.35. The summed E-state index contributed by atoms with van der Waals surface area (Å²) in [5.41, 5.74) is 1.46. The number of carbonyl (C=O) groups is 1. The maximum atomic E-state index is 11.8. The molecule has 0 aliphatic heterocycles. The first-order chi connectivity index (χ1) is 14.0. The lowest BCUT2D eigenvalue weighted by molar-refractivity contribution is -0.394. The van der Waals surface area contributed by atoms with Crippen molar-refractivity contribution in [1.29, 1.82) is 0 Å². The number of benzene rings is 2. The molecule has 0 radical (unpaired) electrons. The van der Waals surface area contributed by atoms with Crippen LogP contribution in [0.15, 0.2) is 41.5 Å². The average Bonchev–Trinajstić information content (AvgIpc) is 2.66. The Balaban J connectivity index is 2.01. The lowest BCUT2D eigenvalue weighted by Crippen LogP contribution is -2.24. The predicted octanol–water partition coefficient (Wildman–Crippen LogP) is 3.04. The van der Waals surface area contributed by atoms with Crippen LogP contribution < -0.4 is 10.2 Å². The molecule has 0 heterocycles. The molecule has 11 nitrogen and oxygen atoms in total. The quantitative estimate of drug-likeness (QED) is 0.399. The summed E-state index contributed by atoms with van der Waals surface area (Å²) in [5.74, 6) is -0.960.